The third kappa shape index (κ3) is 50.0. The van der Waals surface area contributed by atoms with Gasteiger partial charge in [0.2, 0.25) is 5.91 Å². The van der Waals surface area contributed by atoms with Gasteiger partial charge in [0.25, 0.3) is 0 Å². The molecule has 61 heavy (non-hydrogen) atoms. The molecule has 0 fully saturated rings. The van der Waals surface area contributed by atoms with Crippen LogP contribution in [0.1, 0.15) is 328 Å². The van der Waals surface area contributed by atoms with E-state index in [1.165, 1.54) is 283 Å². The second-order valence-electron chi connectivity index (χ2n) is 19.7. The van der Waals surface area contributed by atoms with Crippen molar-refractivity contribution in [3.05, 3.63) is 12.2 Å². The molecule has 3 N–H and O–H groups in total. The molecule has 0 bridgehead atoms. The smallest absolute Gasteiger partial charge is 0.220 e. The zero-order chi connectivity index (χ0) is 44.2. The maximum Gasteiger partial charge on any atom is 0.220 e. The average molecular weight is 861 g/mol. The first-order chi connectivity index (χ1) is 30.2. The Morgan fingerprint density at radius 2 is 0.607 bits per heavy atom. The molecule has 0 aromatic rings. The number of aliphatic hydroxyl groups is 2. The van der Waals surface area contributed by atoms with Crippen molar-refractivity contribution in [1.29, 1.82) is 0 Å². The van der Waals surface area contributed by atoms with Gasteiger partial charge in [-0.15, -0.1) is 0 Å². The molecule has 0 saturated heterocycles. The molecule has 0 saturated carbocycles. The number of unbranched alkanes of at least 4 members (excludes halogenated alkanes) is 46. The fraction of sp³-hybridized carbons (Fsp3) is 0.947. The van der Waals surface area contributed by atoms with Gasteiger partial charge in [-0.2, -0.15) is 0 Å². The first kappa shape index (κ1) is 60.1. The first-order valence-corrected chi connectivity index (χ1v) is 28.4. The molecule has 0 radical (unpaired) electrons. The fourth-order valence-electron chi connectivity index (χ4n) is 9.18. The van der Waals surface area contributed by atoms with Gasteiger partial charge in [-0.05, 0) is 19.3 Å². The van der Waals surface area contributed by atoms with Crippen molar-refractivity contribution in [1.82, 2.24) is 5.32 Å². The number of nitrogens with one attached hydrogen (secondary N) is 1. The van der Waals surface area contributed by atoms with Crippen LogP contribution in [-0.2, 0) is 4.79 Å². The lowest BCUT2D eigenvalue weighted by molar-refractivity contribution is -0.123. The van der Waals surface area contributed by atoms with Crippen molar-refractivity contribution in [2.75, 3.05) is 6.61 Å². The van der Waals surface area contributed by atoms with Gasteiger partial charge >= 0.3 is 0 Å². The highest BCUT2D eigenvalue weighted by Crippen LogP contribution is 2.18. The Hall–Kier alpha value is -0.870. The summed E-state index contributed by atoms with van der Waals surface area (Å²) < 4.78 is 0. The number of rotatable bonds is 53. The number of hydrogen-bond acceptors (Lipinski definition) is 3. The maximum atomic E-state index is 12.4. The van der Waals surface area contributed by atoms with Crippen LogP contribution in [0.3, 0.4) is 0 Å². The summed E-state index contributed by atoms with van der Waals surface area (Å²) in [5.74, 6) is -0.0609. The minimum atomic E-state index is -0.832. The standard InChI is InChI=1S/C57H113NO3/c1-3-5-7-9-11-13-14-15-16-17-18-19-20-21-22-23-24-25-26-27-28-29-30-31-32-33-34-35-36-37-38-39-40-41-42-43-44-45-47-49-51-53-57(61)58-55(54-59)56(60)52-50-48-46-12-10-8-6-4-2/h50,52,55-56,59-60H,3-49,51,53-54H2,1-2H3,(H,58,61)/b52-50+. The Bertz CT molecular complexity index is 844. The average Bonchev–Trinajstić information content (AvgIpc) is 3.26. The van der Waals surface area contributed by atoms with Crippen LogP contribution in [0.4, 0.5) is 0 Å². The largest absolute Gasteiger partial charge is 0.394 e. The van der Waals surface area contributed by atoms with Crippen molar-refractivity contribution < 1.29 is 15.0 Å². The van der Waals surface area contributed by atoms with E-state index in [1.54, 1.807) is 6.08 Å². The summed E-state index contributed by atoms with van der Waals surface area (Å²) >= 11 is 0. The third-order valence-electron chi connectivity index (χ3n) is 13.5. The molecule has 0 heterocycles. The Kier molecular flexibility index (Phi) is 52.7. The molecule has 1 amide bonds. The van der Waals surface area contributed by atoms with E-state index in [0.717, 1.165) is 25.7 Å². The maximum absolute atomic E-state index is 12.4. The number of carbonyl (C=O) groups excluding carboxylic acids is 1. The molecule has 0 aliphatic heterocycles. The summed E-state index contributed by atoms with van der Waals surface area (Å²) in [7, 11) is 0. The van der Waals surface area contributed by atoms with Crippen molar-refractivity contribution in [3.63, 3.8) is 0 Å². The summed E-state index contributed by atoms with van der Waals surface area (Å²) in [6.07, 6.45) is 70.0. The van der Waals surface area contributed by atoms with Crippen molar-refractivity contribution >= 4 is 5.91 Å². The second-order valence-corrected chi connectivity index (χ2v) is 19.7. The third-order valence-corrected chi connectivity index (χ3v) is 13.5. The second kappa shape index (κ2) is 53.5. The van der Waals surface area contributed by atoms with E-state index in [-0.39, 0.29) is 12.5 Å². The van der Waals surface area contributed by atoms with Crippen molar-refractivity contribution in [2.24, 2.45) is 0 Å². The molecule has 0 aromatic heterocycles. The van der Waals surface area contributed by atoms with E-state index in [2.05, 4.69) is 19.2 Å². The zero-order valence-electron chi connectivity index (χ0n) is 42.0. The monoisotopic (exact) mass is 860 g/mol. The number of aliphatic hydroxyl groups excluding tert-OH is 2. The molecule has 4 heteroatoms. The van der Waals surface area contributed by atoms with Gasteiger partial charge in [0.15, 0.2) is 0 Å². The van der Waals surface area contributed by atoms with Gasteiger partial charge < -0.3 is 15.5 Å². The van der Waals surface area contributed by atoms with E-state index in [1.807, 2.05) is 6.08 Å². The van der Waals surface area contributed by atoms with E-state index >= 15 is 0 Å². The molecule has 0 aromatic carbocycles. The van der Waals surface area contributed by atoms with Crippen LogP contribution in [0.2, 0.25) is 0 Å². The Morgan fingerprint density at radius 3 is 0.852 bits per heavy atom. The molecule has 0 rings (SSSR count). The Balaban J connectivity index is 3.27. The zero-order valence-corrected chi connectivity index (χ0v) is 42.0. The molecule has 0 aliphatic rings. The van der Waals surface area contributed by atoms with Crippen LogP contribution < -0.4 is 5.32 Å². The Morgan fingerprint density at radius 1 is 0.377 bits per heavy atom. The summed E-state index contributed by atoms with van der Waals surface area (Å²) in [4.78, 5) is 12.4. The number of allylic oxidation sites excluding steroid dienone is 1. The van der Waals surface area contributed by atoms with E-state index in [4.69, 9.17) is 0 Å². The van der Waals surface area contributed by atoms with Gasteiger partial charge in [0.1, 0.15) is 0 Å². The van der Waals surface area contributed by atoms with Crippen LogP contribution >= 0.6 is 0 Å². The van der Waals surface area contributed by atoms with Crippen molar-refractivity contribution in [3.8, 4) is 0 Å². The summed E-state index contributed by atoms with van der Waals surface area (Å²) in [5, 5.41) is 22.9. The number of carbonyl (C=O) groups is 1. The molecule has 2 unspecified atom stereocenters. The SMILES string of the molecule is CCCCCCCC/C=C/C(O)C(CO)NC(=O)CCCCCCCCCCCCCCCCCCCCCCCCCCCCCCCCCCCCCCCCCCC. The predicted molar refractivity (Wildman–Crippen MR) is 272 cm³/mol. The van der Waals surface area contributed by atoms with Gasteiger partial charge in [0, 0.05) is 6.42 Å². The van der Waals surface area contributed by atoms with Crippen LogP contribution in [0.5, 0.6) is 0 Å². The lowest BCUT2D eigenvalue weighted by Crippen LogP contribution is -2.45. The molecule has 0 spiro atoms. The number of hydrogen-bond donors (Lipinski definition) is 3. The summed E-state index contributed by atoms with van der Waals surface area (Å²) in [5.41, 5.74) is 0. The van der Waals surface area contributed by atoms with Crippen LogP contribution in [0.15, 0.2) is 12.2 Å². The molecule has 0 aliphatic carbocycles. The summed E-state index contributed by atoms with van der Waals surface area (Å²) in [6, 6.07) is -0.615. The van der Waals surface area contributed by atoms with Gasteiger partial charge in [-0.25, -0.2) is 0 Å². The minimum Gasteiger partial charge on any atom is -0.394 e. The normalized spacial score (nSPS) is 12.8. The van der Waals surface area contributed by atoms with Crippen molar-refractivity contribution in [2.45, 2.75) is 341 Å². The highest BCUT2D eigenvalue weighted by molar-refractivity contribution is 5.76. The molecule has 2 atom stereocenters. The van der Waals surface area contributed by atoms with Gasteiger partial charge in [-0.3, -0.25) is 4.79 Å². The van der Waals surface area contributed by atoms with Crippen LogP contribution in [0.25, 0.3) is 0 Å². The highest BCUT2D eigenvalue weighted by atomic mass is 16.3. The molecular weight excluding hydrogens is 747 g/mol. The van der Waals surface area contributed by atoms with Crippen LogP contribution in [0, 0.1) is 0 Å². The van der Waals surface area contributed by atoms with Crippen LogP contribution in [-0.4, -0.2) is 34.9 Å². The quantitative estimate of drug-likeness (QED) is 0.0421. The lowest BCUT2D eigenvalue weighted by atomic mass is 10.0. The lowest BCUT2D eigenvalue weighted by Gasteiger charge is -2.20. The minimum absolute atomic E-state index is 0.0609. The molecular formula is C57H113NO3. The van der Waals surface area contributed by atoms with E-state index in [0.29, 0.717) is 6.42 Å². The topological polar surface area (TPSA) is 69.6 Å². The number of amides is 1. The van der Waals surface area contributed by atoms with Gasteiger partial charge in [0.05, 0.1) is 18.8 Å². The summed E-state index contributed by atoms with van der Waals surface area (Å²) in [6.45, 7) is 4.30. The predicted octanol–water partition coefficient (Wildman–Crippen LogP) is 18.5. The molecule has 364 valence electrons. The first-order valence-electron chi connectivity index (χ1n) is 28.4. The Labute approximate surface area is 384 Å². The highest BCUT2D eigenvalue weighted by Gasteiger charge is 2.18. The van der Waals surface area contributed by atoms with E-state index < -0.39 is 12.1 Å². The fourth-order valence-corrected chi connectivity index (χ4v) is 9.18. The van der Waals surface area contributed by atoms with E-state index in [9.17, 15) is 15.0 Å². The molecule has 4 nitrogen and oxygen atoms in total. The van der Waals surface area contributed by atoms with Gasteiger partial charge in [-0.1, -0.05) is 315 Å².